The Morgan fingerprint density at radius 1 is 0.875 bits per heavy atom. The van der Waals surface area contributed by atoms with E-state index in [1.807, 2.05) is 36.4 Å². The third kappa shape index (κ3) is 7.06. The molecule has 0 aromatic heterocycles. The van der Waals surface area contributed by atoms with E-state index in [0.717, 1.165) is 44.7 Å². The quantitative estimate of drug-likeness (QED) is 0.157. The van der Waals surface area contributed by atoms with E-state index in [0.29, 0.717) is 32.8 Å². The first-order chi connectivity index (χ1) is 19.6. The van der Waals surface area contributed by atoms with Crippen molar-refractivity contribution in [2.45, 2.75) is 33.2 Å². The molecule has 5 nitrogen and oxygen atoms in total. The van der Waals surface area contributed by atoms with Gasteiger partial charge in [0.1, 0.15) is 12.4 Å². The van der Waals surface area contributed by atoms with Gasteiger partial charge in [0, 0.05) is 12.5 Å². The smallest absolute Gasteiger partial charge is 0.330 e. The van der Waals surface area contributed by atoms with Crippen LogP contribution in [0.5, 0.6) is 5.75 Å². The molecule has 0 spiro atoms. The van der Waals surface area contributed by atoms with Crippen molar-refractivity contribution in [2.75, 3.05) is 19.8 Å². The lowest BCUT2D eigenvalue weighted by Gasteiger charge is -2.17. The Bertz CT molecular complexity index is 1470. The van der Waals surface area contributed by atoms with Crippen LogP contribution in [0.4, 0.5) is 0 Å². The number of carbonyl (C=O) groups is 1. The Morgan fingerprint density at radius 2 is 1.65 bits per heavy atom. The van der Waals surface area contributed by atoms with Crippen molar-refractivity contribution >= 4 is 12.0 Å². The molecular formula is C35H34O5. The van der Waals surface area contributed by atoms with E-state index in [1.165, 1.54) is 11.6 Å². The second kappa shape index (κ2) is 13.2. The molecule has 0 aliphatic carbocycles. The molecule has 4 aromatic carbocycles. The second-order valence-corrected chi connectivity index (χ2v) is 9.73. The van der Waals surface area contributed by atoms with E-state index in [1.54, 1.807) is 6.92 Å². The Labute approximate surface area is 236 Å². The normalized spacial score (nSPS) is 13.6. The third-order valence-corrected chi connectivity index (χ3v) is 6.78. The first-order valence-corrected chi connectivity index (χ1v) is 13.7. The summed E-state index contributed by atoms with van der Waals surface area (Å²) in [5, 5.41) is 0. The number of carbonyl (C=O) groups excluding carboxylic acids is 1. The van der Waals surface area contributed by atoms with E-state index in [2.05, 4.69) is 67.6 Å². The van der Waals surface area contributed by atoms with Crippen molar-refractivity contribution in [1.29, 1.82) is 0 Å². The number of esters is 1. The molecule has 0 bridgehead atoms. The molecule has 5 heteroatoms. The molecule has 0 saturated carbocycles. The highest BCUT2D eigenvalue weighted by Crippen LogP contribution is 2.34. The number of hydrogen-bond donors (Lipinski definition) is 0. The summed E-state index contributed by atoms with van der Waals surface area (Å²) in [7, 11) is 0. The van der Waals surface area contributed by atoms with E-state index < -0.39 is 0 Å². The largest absolute Gasteiger partial charge is 0.489 e. The van der Waals surface area contributed by atoms with Crippen LogP contribution in [0, 0.1) is 6.92 Å². The molecule has 1 fully saturated rings. The van der Waals surface area contributed by atoms with Crippen LogP contribution < -0.4 is 4.74 Å². The predicted molar refractivity (Wildman–Crippen MR) is 158 cm³/mol. The van der Waals surface area contributed by atoms with Gasteiger partial charge in [-0.05, 0) is 77.1 Å². The maximum absolute atomic E-state index is 12.2. The Kier molecular flexibility index (Phi) is 9.07. The Balaban J connectivity index is 1.51. The third-order valence-electron chi connectivity index (χ3n) is 6.78. The van der Waals surface area contributed by atoms with Crippen molar-refractivity contribution < 1.29 is 23.7 Å². The summed E-state index contributed by atoms with van der Waals surface area (Å²) >= 11 is 0. The van der Waals surface area contributed by atoms with Gasteiger partial charge in [0.15, 0.2) is 6.29 Å². The van der Waals surface area contributed by atoms with Crippen molar-refractivity contribution in [3.05, 3.63) is 119 Å². The fourth-order valence-corrected chi connectivity index (χ4v) is 4.85. The van der Waals surface area contributed by atoms with Crippen molar-refractivity contribution in [3.63, 3.8) is 0 Å². The Morgan fingerprint density at radius 3 is 2.42 bits per heavy atom. The van der Waals surface area contributed by atoms with Gasteiger partial charge in [-0.2, -0.15) is 0 Å². The van der Waals surface area contributed by atoms with Crippen LogP contribution in [0.15, 0.2) is 97.1 Å². The van der Waals surface area contributed by atoms with Crippen LogP contribution >= 0.6 is 0 Å². The second-order valence-electron chi connectivity index (χ2n) is 9.73. The predicted octanol–water partition coefficient (Wildman–Crippen LogP) is 7.40. The van der Waals surface area contributed by atoms with Crippen molar-refractivity contribution in [1.82, 2.24) is 0 Å². The van der Waals surface area contributed by atoms with Gasteiger partial charge in [-0.3, -0.25) is 0 Å². The maximum atomic E-state index is 12.2. The summed E-state index contributed by atoms with van der Waals surface area (Å²) in [6, 6.07) is 31.0. The van der Waals surface area contributed by atoms with Crippen LogP contribution in [-0.2, 0) is 32.0 Å². The fourth-order valence-electron chi connectivity index (χ4n) is 4.85. The minimum Gasteiger partial charge on any atom is -0.489 e. The van der Waals surface area contributed by atoms with Gasteiger partial charge in [-0.25, -0.2) is 4.79 Å². The maximum Gasteiger partial charge on any atom is 0.330 e. The number of hydrogen-bond acceptors (Lipinski definition) is 5. The average Bonchev–Trinajstić information content (AvgIpc) is 3.49. The van der Waals surface area contributed by atoms with Gasteiger partial charge >= 0.3 is 5.97 Å². The standard InChI is InChI=1S/C35H34O5/c1-3-37-34(36)17-13-29-21-28(12-15-32(29)27-11-7-8-25(2)20-27)33-16-14-31(40-24-26-9-5-4-6-10-26)22-30(33)23-35-38-18-19-39-35/h4-17,20-22,35H,3,18-19,23-24H2,1-2H3. The fraction of sp³-hybridized carbons (Fsp3) is 0.229. The lowest BCUT2D eigenvalue weighted by Crippen LogP contribution is -2.12. The first-order valence-electron chi connectivity index (χ1n) is 13.7. The molecule has 0 unspecified atom stereocenters. The molecule has 0 amide bonds. The summed E-state index contributed by atoms with van der Waals surface area (Å²) in [5.41, 5.74) is 8.51. The van der Waals surface area contributed by atoms with E-state index >= 15 is 0 Å². The molecule has 1 heterocycles. The topological polar surface area (TPSA) is 54.0 Å². The average molecular weight is 535 g/mol. The van der Waals surface area contributed by atoms with Gasteiger partial charge in [-0.15, -0.1) is 0 Å². The van der Waals surface area contributed by atoms with Gasteiger partial charge in [-0.1, -0.05) is 78.4 Å². The van der Waals surface area contributed by atoms with E-state index in [9.17, 15) is 4.79 Å². The summed E-state index contributed by atoms with van der Waals surface area (Å²) in [4.78, 5) is 12.2. The van der Waals surface area contributed by atoms with Crippen LogP contribution in [0.1, 0.15) is 29.2 Å². The van der Waals surface area contributed by atoms with Crippen LogP contribution in [0.3, 0.4) is 0 Å². The van der Waals surface area contributed by atoms with Crippen LogP contribution in [-0.4, -0.2) is 32.1 Å². The zero-order valence-corrected chi connectivity index (χ0v) is 23.0. The van der Waals surface area contributed by atoms with Gasteiger partial charge in [0.05, 0.1) is 19.8 Å². The lowest BCUT2D eigenvalue weighted by atomic mass is 9.91. The van der Waals surface area contributed by atoms with E-state index in [-0.39, 0.29) is 12.3 Å². The Hall–Kier alpha value is -4.19. The highest BCUT2D eigenvalue weighted by Gasteiger charge is 2.20. The zero-order chi connectivity index (χ0) is 27.7. The van der Waals surface area contributed by atoms with Crippen molar-refractivity contribution in [3.8, 4) is 28.0 Å². The molecule has 4 aromatic rings. The number of aryl methyl sites for hydroxylation is 1. The van der Waals surface area contributed by atoms with E-state index in [4.69, 9.17) is 18.9 Å². The summed E-state index contributed by atoms with van der Waals surface area (Å²) in [5.74, 6) is 0.429. The number of ether oxygens (including phenoxy) is 4. The van der Waals surface area contributed by atoms with Gasteiger partial charge in [0.25, 0.3) is 0 Å². The molecule has 0 atom stereocenters. The SMILES string of the molecule is CCOC(=O)C=Cc1cc(-c2ccc(OCc3ccccc3)cc2CC2OCCO2)ccc1-c1cccc(C)c1. The lowest BCUT2D eigenvalue weighted by molar-refractivity contribution is -0.137. The van der Waals surface area contributed by atoms with Crippen LogP contribution in [0.25, 0.3) is 28.3 Å². The molecule has 5 rings (SSSR count). The summed E-state index contributed by atoms with van der Waals surface area (Å²) in [6.07, 6.45) is 3.63. The highest BCUT2D eigenvalue weighted by molar-refractivity contribution is 5.90. The summed E-state index contributed by atoms with van der Waals surface area (Å²) < 4.78 is 22.9. The summed E-state index contributed by atoms with van der Waals surface area (Å²) in [6.45, 7) is 5.89. The molecule has 40 heavy (non-hydrogen) atoms. The molecule has 204 valence electrons. The van der Waals surface area contributed by atoms with Crippen LogP contribution in [0.2, 0.25) is 0 Å². The molecule has 1 aliphatic heterocycles. The molecular weight excluding hydrogens is 500 g/mol. The first kappa shape index (κ1) is 27.4. The van der Waals surface area contributed by atoms with Gasteiger partial charge in [0.2, 0.25) is 0 Å². The molecule has 0 radical (unpaired) electrons. The number of benzene rings is 4. The molecule has 0 N–H and O–H groups in total. The molecule has 1 saturated heterocycles. The molecule has 1 aliphatic rings. The highest BCUT2D eigenvalue weighted by atomic mass is 16.7. The zero-order valence-electron chi connectivity index (χ0n) is 23.0. The van der Waals surface area contributed by atoms with Gasteiger partial charge < -0.3 is 18.9 Å². The monoisotopic (exact) mass is 534 g/mol. The van der Waals surface area contributed by atoms with Crippen molar-refractivity contribution in [2.24, 2.45) is 0 Å². The minimum absolute atomic E-state index is 0.294. The minimum atomic E-state index is -0.362. The number of rotatable bonds is 10.